The van der Waals surface area contributed by atoms with Crippen LogP contribution in [0.25, 0.3) is 5.69 Å². The van der Waals surface area contributed by atoms with Crippen molar-refractivity contribution in [3.63, 3.8) is 0 Å². The number of hydrogen-bond acceptors (Lipinski definition) is 5. The van der Waals surface area contributed by atoms with E-state index in [1.165, 1.54) is 0 Å². The molecule has 3 rings (SSSR count). The van der Waals surface area contributed by atoms with Gasteiger partial charge in [0.25, 0.3) is 0 Å². The lowest BCUT2D eigenvalue weighted by Gasteiger charge is -2.26. The number of nitrogens with zero attached hydrogens (tertiary/aromatic N) is 5. The van der Waals surface area contributed by atoms with Crippen LogP contribution in [0, 0.1) is 0 Å². The monoisotopic (exact) mass is 316 g/mol. The summed E-state index contributed by atoms with van der Waals surface area (Å²) in [5, 5.41) is 15.3. The van der Waals surface area contributed by atoms with Gasteiger partial charge in [0.1, 0.15) is 0 Å². The van der Waals surface area contributed by atoms with Crippen LogP contribution in [0.5, 0.6) is 0 Å². The summed E-state index contributed by atoms with van der Waals surface area (Å²) in [5.74, 6) is 0.892. The molecule has 0 aliphatic carbocycles. The summed E-state index contributed by atoms with van der Waals surface area (Å²) >= 11 is 0. The lowest BCUT2D eigenvalue weighted by atomic mass is 10.3. The van der Waals surface area contributed by atoms with E-state index in [2.05, 4.69) is 25.7 Å². The molecule has 110 valence electrons. The number of nitrogens with one attached hydrogen (secondary N) is 1. The van der Waals surface area contributed by atoms with Gasteiger partial charge in [0, 0.05) is 26.2 Å². The van der Waals surface area contributed by atoms with Gasteiger partial charge >= 0.3 is 0 Å². The average Bonchev–Trinajstić information content (AvgIpc) is 2.89. The molecule has 0 unspecified atom stereocenters. The highest BCUT2D eigenvalue weighted by Crippen LogP contribution is 2.09. The Hall–Kier alpha value is -1.21. The zero-order valence-electron chi connectivity index (χ0n) is 11.0. The fourth-order valence-electron chi connectivity index (χ4n) is 2.14. The van der Waals surface area contributed by atoms with E-state index >= 15 is 0 Å². The van der Waals surface area contributed by atoms with Crippen molar-refractivity contribution in [3.05, 3.63) is 36.2 Å². The Bertz CT molecular complexity index is 498. The molecule has 1 N–H and O–H groups in total. The third kappa shape index (κ3) is 3.89. The number of tetrazole rings is 1. The molecular weight excluding hydrogens is 299 g/mol. The quantitative estimate of drug-likeness (QED) is 0.912. The summed E-state index contributed by atoms with van der Waals surface area (Å²) < 4.78 is 1.81. The van der Waals surface area contributed by atoms with Gasteiger partial charge in [-0.2, -0.15) is 4.68 Å². The van der Waals surface area contributed by atoms with Crippen LogP contribution in [0.15, 0.2) is 30.3 Å². The molecule has 0 saturated carbocycles. The van der Waals surface area contributed by atoms with Gasteiger partial charge in [0.2, 0.25) is 0 Å². The number of hydrogen-bond donors (Lipinski definition) is 1. The Morgan fingerprint density at radius 3 is 2.45 bits per heavy atom. The molecule has 1 aromatic carbocycles. The van der Waals surface area contributed by atoms with Crippen molar-refractivity contribution in [2.75, 3.05) is 26.2 Å². The zero-order valence-corrected chi connectivity index (χ0v) is 12.6. The van der Waals surface area contributed by atoms with Crippen LogP contribution in [0.2, 0.25) is 0 Å². The van der Waals surface area contributed by atoms with Crippen molar-refractivity contribution >= 4 is 24.8 Å². The van der Waals surface area contributed by atoms with E-state index in [9.17, 15) is 0 Å². The fraction of sp³-hybridized carbons (Fsp3) is 0.417. The Kier molecular flexibility index (Phi) is 6.87. The molecule has 0 atom stereocenters. The Labute approximate surface area is 130 Å². The molecule has 1 aliphatic heterocycles. The highest BCUT2D eigenvalue weighted by molar-refractivity contribution is 5.85. The Morgan fingerprint density at radius 1 is 1.05 bits per heavy atom. The maximum Gasteiger partial charge on any atom is 0.170 e. The van der Waals surface area contributed by atoms with Crippen molar-refractivity contribution in [3.8, 4) is 5.69 Å². The minimum Gasteiger partial charge on any atom is -0.314 e. The van der Waals surface area contributed by atoms with Crippen LogP contribution >= 0.6 is 24.8 Å². The van der Waals surface area contributed by atoms with E-state index in [4.69, 9.17) is 0 Å². The molecule has 2 heterocycles. The van der Waals surface area contributed by atoms with Crippen molar-refractivity contribution in [2.24, 2.45) is 0 Å². The van der Waals surface area contributed by atoms with Crippen molar-refractivity contribution in [1.82, 2.24) is 30.4 Å². The largest absolute Gasteiger partial charge is 0.314 e. The second kappa shape index (κ2) is 8.16. The van der Waals surface area contributed by atoms with Gasteiger partial charge in [-0.15, -0.1) is 29.9 Å². The summed E-state index contributed by atoms with van der Waals surface area (Å²) in [7, 11) is 0. The third-order valence-electron chi connectivity index (χ3n) is 3.11. The number of rotatable bonds is 3. The Morgan fingerprint density at radius 2 is 1.75 bits per heavy atom. The van der Waals surface area contributed by atoms with Crippen molar-refractivity contribution < 1.29 is 0 Å². The molecule has 0 spiro atoms. The second-order valence-electron chi connectivity index (χ2n) is 4.37. The maximum absolute atomic E-state index is 4.13. The first-order valence-electron chi connectivity index (χ1n) is 6.19. The first kappa shape index (κ1) is 16.8. The lowest BCUT2D eigenvalue weighted by Crippen LogP contribution is -2.43. The average molecular weight is 317 g/mol. The molecule has 1 saturated heterocycles. The van der Waals surface area contributed by atoms with E-state index in [-0.39, 0.29) is 24.8 Å². The maximum atomic E-state index is 4.13. The minimum atomic E-state index is 0. The predicted molar refractivity (Wildman–Crippen MR) is 81.8 cm³/mol. The normalized spacial score (nSPS) is 15.2. The highest BCUT2D eigenvalue weighted by atomic mass is 35.5. The predicted octanol–water partition coefficient (Wildman–Crippen LogP) is 0.911. The number of halogens is 2. The van der Waals surface area contributed by atoms with Gasteiger partial charge in [-0.25, -0.2) is 0 Å². The van der Waals surface area contributed by atoms with Gasteiger partial charge in [0.05, 0.1) is 12.2 Å². The molecule has 0 amide bonds. The van der Waals surface area contributed by atoms with Crippen LogP contribution in [0.1, 0.15) is 5.82 Å². The summed E-state index contributed by atoms with van der Waals surface area (Å²) in [6.45, 7) is 4.95. The number of piperazine rings is 1. The summed E-state index contributed by atoms with van der Waals surface area (Å²) in [6.07, 6.45) is 0. The molecule has 0 bridgehead atoms. The molecule has 1 fully saturated rings. The second-order valence-corrected chi connectivity index (χ2v) is 4.37. The molecular formula is C12H18Cl2N6. The van der Waals surface area contributed by atoms with Crippen molar-refractivity contribution in [2.45, 2.75) is 6.54 Å². The van der Waals surface area contributed by atoms with Crippen LogP contribution in [-0.2, 0) is 6.54 Å². The summed E-state index contributed by atoms with van der Waals surface area (Å²) in [5.41, 5.74) is 1.01. The molecule has 1 aromatic heterocycles. The van der Waals surface area contributed by atoms with Gasteiger partial charge in [0.15, 0.2) is 5.82 Å². The highest BCUT2D eigenvalue weighted by Gasteiger charge is 2.15. The van der Waals surface area contributed by atoms with E-state index < -0.39 is 0 Å². The molecule has 20 heavy (non-hydrogen) atoms. The lowest BCUT2D eigenvalue weighted by molar-refractivity contribution is 0.226. The van der Waals surface area contributed by atoms with Crippen LogP contribution in [0.4, 0.5) is 0 Å². The van der Waals surface area contributed by atoms with E-state index in [1.54, 1.807) is 0 Å². The smallest absolute Gasteiger partial charge is 0.170 e. The molecule has 0 radical (unpaired) electrons. The van der Waals surface area contributed by atoms with Crippen LogP contribution in [-0.4, -0.2) is 51.3 Å². The number of para-hydroxylation sites is 1. The van der Waals surface area contributed by atoms with Crippen LogP contribution in [0.3, 0.4) is 0 Å². The molecule has 1 aliphatic rings. The number of aromatic nitrogens is 4. The molecule has 8 heteroatoms. The first-order valence-corrected chi connectivity index (χ1v) is 6.19. The number of benzene rings is 1. The summed E-state index contributed by atoms with van der Waals surface area (Å²) in [6, 6.07) is 10.00. The zero-order chi connectivity index (χ0) is 12.2. The molecule has 6 nitrogen and oxygen atoms in total. The van der Waals surface area contributed by atoms with Gasteiger partial charge < -0.3 is 5.32 Å². The summed E-state index contributed by atoms with van der Waals surface area (Å²) in [4.78, 5) is 2.36. The van der Waals surface area contributed by atoms with Gasteiger partial charge in [-0.1, -0.05) is 18.2 Å². The van der Waals surface area contributed by atoms with E-state index in [0.717, 1.165) is 44.2 Å². The van der Waals surface area contributed by atoms with Crippen molar-refractivity contribution in [1.29, 1.82) is 0 Å². The molecule has 2 aromatic rings. The van der Waals surface area contributed by atoms with Gasteiger partial charge in [-0.3, -0.25) is 4.90 Å². The fourth-order valence-corrected chi connectivity index (χ4v) is 2.14. The topological polar surface area (TPSA) is 58.9 Å². The van der Waals surface area contributed by atoms with E-state index in [0.29, 0.717) is 0 Å². The standard InChI is InChI=1S/C12H16N6.2ClH/c1-2-4-11(5-3-1)18-12(14-15-16-18)10-17-8-6-13-7-9-17;;/h1-5,13H,6-10H2;2*1H. The SMILES string of the molecule is Cl.Cl.c1ccc(-n2nnnc2CN2CCNCC2)cc1. The third-order valence-corrected chi connectivity index (χ3v) is 3.11. The minimum absolute atomic E-state index is 0. The van der Waals surface area contributed by atoms with Crippen LogP contribution < -0.4 is 5.32 Å². The Balaban J connectivity index is 0.000001000. The van der Waals surface area contributed by atoms with E-state index in [1.807, 2.05) is 35.0 Å². The van der Waals surface area contributed by atoms with Gasteiger partial charge in [-0.05, 0) is 22.6 Å². The first-order chi connectivity index (χ1) is 8.93.